The Balaban J connectivity index is 2.34. The third-order valence-electron chi connectivity index (χ3n) is 3.56. The van der Waals surface area contributed by atoms with Gasteiger partial charge in [-0.05, 0) is 6.92 Å². The molecule has 1 heterocycles. The molecular formula is C16H14N6O2. The standard InChI is InChI=1S/C16H14N6O2/c1-9-5-7-10(8-6-9)14-11-3-2-4-12(22(23)24)13(11)15(21-20-14)19-16(17)18/h2-8H,1H3,(H4,17,18,19,21). The second kappa shape index (κ2) is 5.92. The van der Waals surface area contributed by atoms with Crippen molar-refractivity contribution >= 4 is 28.2 Å². The Bertz CT molecular complexity index is 953. The van der Waals surface area contributed by atoms with Crippen molar-refractivity contribution in [2.75, 3.05) is 5.32 Å². The van der Waals surface area contributed by atoms with E-state index in [4.69, 9.17) is 11.1 Å². The minimum Gasteiger partial charge on any atom is -0.370 e. The third-order valence-corrected chi connectivity index (χ3v) is 3.56. The first kappa shape index (κ1) is 15.3. The quantitative estimate of drug-likeness (QED) is 0.294. The zero-order valence-corrected chi connectivity index (χ0v) is 12.8. The number of nitrogens with zero attached hydrogens (tertiary/aromatic N) is 3. The summed E-state index contributed by atoms with van der Waals surface area (Å²) in [6, 6.07) is 12.3. The second-order valence-electron chi connectivity index (χ2n) is 5.26. The van der Waals surface area contributed by atoms with Gasteiger partial charge in [-0.2, -0.15) is 0 Å². The van der Waals surface area contributed by atoms with Gasteiger partial charge in [0.2, 0.25) is 0 Å². The van der Waals surface area contributed by atoms with Crippen LogP contribution in [0.1, 0.15) is 5.56 Å². The molecule has 3 rings (SSSR count). The summed E-state index contributed by atoms with van der Waals surface area (Å²) in [4.78, 5) is 10.9. The lowest BCUT2D eigenvalue weighted by molar-refractivity contribution is -0.383. The fourth-order valence-corrected chi connectivity index (χ4v) is 2.48. The van der Waals surface area contributed by atoms with Crippen LogP contribution < -0.4 is 11.1 Å². The molecular weight excluding hydrogens is 308 g/mol. The molecule has 0 spiro atoms. The number of benzene rings is 2. The summed E-state index contributed by atoms with van der Waals surface area (Å²) in [5.74, 6) is -0.285. The summed E-state index contributed by atoms with van der Waals surface area (Å²) >= 11 is 0. The van der Waals surface area contributed by atoms with Crippen LogP contribution in [0.25, 0.3) is 22.0 Å². The van der Waals surface area contributed by atoms with Crippen LogP contribution in [0.2, 0.25) is 0 Å². The predicted molar refractivity (Wildman–Crippen MR) is 91.9 cm³/mol. The van der Waals surface area contributed by atoms with Gasteiger partial charge in [0.1, 0.15) is 11.1 Å². The largest absolute Gasteiger partial charge is 0.370 e. The minimum absolute atomic E-state index is 0.0839. The van der Waals surface area contributed by atoms with Gasteiger partial charge in [0.25, 0.3) is 5.69 Å². The van der Waals surface area contributed by atoms with Crippen LogP contribution in [0.15, 0.2) is 42.5 Å². The molecule has 0 unspecified atom stereocenters. The number of guanidine groups is 1. The molecule has 8 nitrogen and oxygen atoms in total. The first-order valence-electron chi connectivity index (χ1n) is 7.09. The van der Waals surface area contributed by atoms with E-state index in [1.54, 1.807) is 12.1 Å². The van der Waals surface area contributed by atoms with E-state index in [0.29, 0.717) is 11.1 Å². The van der Waals surface area contributed by atoms with Gasteiger partial charge in [-0.3, -0.25) is 15.5 Å². The molecule has 2 aromatic carbocycles. The fourth-order valence-electron chi connectivity index (χ4n) is 2.48. The maximum absolute atomic E-state index is 11.4. The zero-order chi connectivity index (χ0) is 17.3. The van der Waals surface area contributed by atoms with Gasteiger partial charge in [-0.15, -0.1) is 10.2 Å². The van der Waals surface area contributed by atoms with Gasteiger partial charge < -0.3 is 11.1 Å². The lowest BCUT2D eigenvalue weighted by atomic mass is 10.0. The first-order valence-corrected chi connectivity index (χ1v) is 7.09. The average Bonchev–Trinajstić information content (AvgIpc) is 2.55. The topological polar surface area (TPSA) is 131 Å². The van der Waals surface area contributed by atoms with Crippen molar-refractivity contribution in [2.24, 2.45) is 5.73 Å². The van der Waals surface area contributed by atoms with Crippen molar-refractivity contribution in [1.29, 1.82) is 5.41 Å². The number of nitro groups is 1. The van der Waals surface area contributed by atoms with Crippen molar-refractivity contribution in [2.45, 2.75) is 6.92 Å². The van der Waals surface area contributed by atoms with E-state index in [2.05, 4.69) is 15.5 Å². The van der Waals surface area contributed by atoms with E-state index in [-0.39, 0.29) is 22.9 Å². The van der Waals surface area contributed by atoms with E-state index in [9.17, 15) is 10.1 Å². The summed E-state index contributed by atoms with van der Waals surface area (Å²) < 4.78 is 0. The second-order valence-corrected chi connectivity index (χ2v) is 5.26. The number of rotatable bonds is 3. The monoisotopic (exact) mass is 322 g/mol. The van der Waals surface area contributed by atoms with Gasteiger partial charge in [-0.25, -0.2) is 0 Å². The van der Waals surface area contributed by atoms with E-state index >= 15 is 0 Å². The number of anilines is 1. The highest BCUT2D eigenvalue weighted by atomic mass is 16.6. The molecule has 0 aliphatic heterocycles. The molecule has 0 atom stereocenters. The van der Waals surface area contributed by atoms with Gasteiger partial charge in [-0.1, -0.05) is 42.0 Å². The molecule has 0 fully saturated rings. The Morgan fingerprint density at radius 3 is 2.54 bits per heavy atom. The molecule has 0 saturated carbocycles. The maximum atomic E-state index is 11.4. The molecule has 8 heteroatoms. The normalized spacial score (nSPS) is 10.5. The average molecular weight is 322 g/mol. The molecule has 0 amide bonds. The Hall–Kier alpha value is -3.55. The number of nitro benzene ring substituents is 1. The van der Waals surface area contributed by atoms with Gasteiger partial charge in [0.15, 0.2) is 11.8 Å². The zero-order valence-electron chi connectivity index (χ0n) is 12.8. The van der Waals surface area contributed by atoms with Crippen LogP contribution in [0, 0.1) is 22.4 Å². The molecule has 4 N–H and O–H groups in total. The minimum atomic E-state index is -0.492. The molecule has 120 valence electrons. The van der Waals surface area contributed by atoms with Crippen molar-refractivity contribution in [3.8, 4) is 11.3 Å². The number of nitrogens with one attached hydrogen (secondary N) is 2. The molecule has 0 saturated heterocycles. The van der Waals surface area contributed by atoms with E-state index in [1.165, 1.54) is 6.07 Å². The van der Waals surface area contributed by atoms with Crippen LogP contribution in [0.5, 0.6) is 0 Å². The lowest BCUT2D eigenvalue weighted by Gasteiger charge is -2.10. The van der Waals surface area contributed by atoms with E-state index < -0.39 is 4.92 Å². The van der Waals surface area contributed by atoms with Crippen molar-refractivity contribution in [3.05, 3.63) is 58.1 Å². The summed E-state index contributed by atoms with van der Waals surface area (Å²) in [7, 11) is 0. The Morgan fingerprint density at radius 2 is 1.92 bits per heavy atom. The highest BCUT2D eigenvalue weighted by Gasteiger charge is 2.20. The fraction of sp³-hybridized carbons (Fsp3) is 0.0625. The first-order chi connectivity index (χ1) is 11.5. The highest BCUT2D eigenvalue weighted by molar-refractivity contribution is 6.08. The molecule has 24 heavy (non-hydrogen) atoms. The third kappa shape index (κ3) is 2.72. The van der Waals surface area contributed by atoms with Gasteiger partial charge >= 0.3 is 0 Å². The van der Waals surface area contributed by atoms with Crippen LogP contribution >= 0.6 is 0 Å². The molecule has 0 bridgehead atoms. The van der Waals surface area contributed by atoms with Crippen LogP contribution in [0.4, 0.5) is 11.5 Å². The Kier molecular flexibility index (Phi) is 3.78. The summed E-state index contributed by atoms with van der Waals surface area (Å²) in [5, 5.41) is 30.3. The van der Waals surface area contributed by atoms with Crippen LogP contribution in [0.3, 0.4) is 0 Å². The van der Waals surface area contributed by atoms with Gasteiger partial charge in [0, 0.05) is 17.0 Å². The highest BCUT2D eigenvalue weighted by Crippen LogP contribution is 2.35. The molecule has 1 aromatic heterocycles. The van der Waals surface area contributed by atoms with Crippen LogP contribution in [-0.2, 0) is 0 Å². The number of non-ortho nitro benzene ring substituents is 1. The van der Waals surface area contributed by atoms with E-state index in [0.717, 1.165) is 11.1 Å². The summed E-state index contributed by atoms with van der Waals surface area (Å²) in [5.41, 5.74) is 7.64. The number of hydrogen-bond acceptors (Lipinski definition) is 5. The molecule has 0 aliphatic carbocycles. The molecule has 0 radical (unpaired) electrons. The number of hydrogen-bond donors (Lipinski definition) is 3. The number of nitrogens with two attached hydrogens (primary N) is 1. The smallest absolute Gasteiger partial charge is 0.281 e. The Labute approximate surface area is 137 Å². The van der Waals surface area contributed by atoms with Gasteiger partial charge in [0.05, 0.1) is 4.92 Å². The van der Waals surface area contributed by atoms with Crippen molar-refractivity contribution < 1.29 is 4.92 Å². The SMILES string of the molecule is Cc1ccc(-c2nnc(NC(=N)N)c3c([N+](=O)[O-])cccc23)cc1. The van der Waals surface area contributed by atoms with Crippen molar-refractivity contribution in [3.63, 3.8) is 0 Å². The van der Waals surface area contributed by atoms with Crippen LogP contribution in [-0.4, -0.2) is 21.1 Å². The number of fused-ring (bicyclic) bond motifs is 1. The summed E-state index contributed by atoms with van der Waals surface area (Å²) in [6.45, 7) is 1.97. The van der Waals surface area contributed by atoms with Crippen molar-refractivity contribution in [1.82, 2.24) is 10.2 Å². The Morgan fingerprint density at radius 1 is 1.21 bits per heavy atom. The maximum Gasteiger partial charge on any atom is 0.281 e. The predicted octanol–water partition coefficient (Wildman–Crippen LogP) is 2.82. The number of aromatic nitrogens is 2. The van der Waals surface area contributed by atoms with E-state index in [1.807, 2.05) is 31.2 Å². The number of aryl methyl sites for hydroxylation is 1. The lowest BCUT2D eigenvalue weighted by Crippen LogP contribution is -2.21. The molecule has 3 aromatic rings. The molecule has 0 aliphatic rings. The summed E-state index contributed by atoms with van der Waals surface area (Å²) in [6.07, 6.45) is 0.